The Morgan fingerprint density at radius 2 is 1.70 bits per heavy atom. The van der Waals surface area contributed by atoms with Crippen LogP contribution in [0.2, 0.25) is 0 Å². The van der Waals surface area contributed by atoms with E-state index in [4.69, 9.17) is 0 Å². The zero-order chi connectivity index (χ0) is 13.8. The lowest BCUT2D eigenvalue weighted by atomic mass is 10.1. The quantitative estimate of drug-likeness (QED) is 0.760. The highest BCUT2D eigenvalue weighted by atomic mass is 16.3. The molecule has 1 heterocycles. The second-order valence-corrected chi connectivity index (χ2v) is 4.76. The van der Waals surface area contributed by atoms with Crippen molar-refractivity contribution in [3.05, 3.63) is 71.9 Å². The molecule has 0 radical (unpaired) electrons. The van der Waals surface area contributed by atoms with Gasteiger partial charge in [-0.1, -0.05) is 36.4 Å². The molecular formula is C17H16N2O. The number of hydrogen-bond acceptors (Lipinski definition) is 3. The Morgan fingerprint density at radius 1 is 0.900 bits per heavy atom. The molecule has 0 spiro atoms. The van der Waals surface area contributed by atoms with Gasteiger partial charge >= 0.3 is 0 Å². The van der Waals surface area contributed by atoms with Crippen molar-refractivity contribution in [2.45, 2.75) is 13.1 Å². The summed E-state index contributed by atoms with van der Waals surface area (Å²) in [5.41, 5.74) is 3.39. The van der Waals surface area contributed by atoms with Crippen LogP contribution in [0.15, 0.2) is 60.8 Å². The fraction of sp³-hybridized carbons (Fsp3) is 0.118. The third-order valence-corrected chi connectivity index (χ3v) is 3.30. The molecule has 0 saturated carbocycles. The van der Waals surface area contributed by atoms with E-state index in [1.165, 1.54) is 5.56 Å². The largest absolute Gasteiger partial charge is 0.508 e. The van der Waals surface area contributed by atoms with Crippen molar-refractivity contribution < 1.29 is 5.11 Å². The smallest absolute Gasteiger partial charge is 0.115 e. The molecule has 0 fully saturated rings. The summed E-state index contributed by atoms with van der Waals surface area (Å²) < 4.78 is 0. The molecule has 0 bridgehead atoms. The maximum Gasteiger partial charge on any atom is 0.115 e. The highest BCUT2D eigenvalue weighted by Crippen LogP contribution is 2.16. The van der Waals surface area contributed by atoms with Crippen LogP contribution in [0.1, 0.15) is 11.1 Å². The van der Waals surface area contributed by atoms with Gasteiger partial charge in [-0.05, 0) is 29.3 Å². The van der Waals surface area contributed by atoms with Gasteiger partial charge in [0.25, 0.3) is 0 Å². The maximum absolute atomic E-state index is 9.25. The average Bonchev–Trinajstić information content (AvgIpc) is 2.49. The molecule has 3 aromatic rings. The van der Waals surface area contributed by atoms with E-state index in [2.05, 4.69) is 34.6 Å². The number of pyridine rings is 1. The Kier molecular flexibility index (Phi) is 3.61. The zero-order valence-electron chi connectivity index (χ0n) is 11.1. The lowest BCUT2D eigenvalue weighted by molar-refractivity contribution is 0.475. The van der Waals surface area contributed by atoms with Gasteiger partial charge < -0.3 is 10.4 Å². The van der Waals surface area contributed by atoms with Crippen molar-refractivity contribution in [3.8, 4) is 5.75 Å². The summed E-state index contributed by atoms with van der Waals surface area (Å²) in [6.07, 6.45) is 1.83. The Hall–Kier alpha value is -2.39. The fourth-order valence-electron chi connectivity index (χ4n) is 2.27. The topological polar surface area (TPSA) is 45.1 Å². The summed E-state index contributed by atoms with van der Waals surface area (Å²) in [5, 5.41) is 13.8. The van der Waals surface area contributed by atoms with Gasteiger partial charge in [-0.3, -0.25) is 4.98 Å². The van der Waals surface area contributed by atoms with Gasteiger partial charge in [-0.25, -0.2) is 0 Å². The predicted molar refractivity (Wildman–Crippen MR) is 80.4 cm³/mol. The van der Waals surface area contributed by atoms with Crippen LogP contribution in [0.4, 0.5) is 0 Å². The van der Waals surface area contributed by atoms with Crippen LogP contribution in [-0.4, -0.2) is 10.1 Å². The molecule has 3 heteroatoms. The maximum atomic E-state index is 9.25. The number of phenolic OH excluding ortho intramolecular Hbond substituents is 1. The van der Waals surface area contributed by atoms with Crippen molar-refractivity contribution in [2.75, 3.05) is 0 Å². The van der Waals surface area contributed by atoms with E-state index >= 15 is 0 Å². The van der Waals surface area contributed by atoms with Gasteiger partial charge in [-0.15, -0.1) is 0 Å². The first kappa shape index (κ1) is 12.6. The number of nitrogens with zero attached hydrogens (tertiary/aromatic N) is 1. The normalized spacial score (nSPS) is 10.8. The molecule has 2 N–H and O–H groups in total. The van der Waals surface area contributed by atoms with Crippen LogP contribution in [0.5, 0.6) is 5.75 Å². The number of aromatic nitrogens is 1. The lowest BCUT2D eigenvalue weighted by Gasteiger charge is -2.08. The first-order chi connectivity index (χ1) is 9.83. The SMILES string of the molecule is Oc1ccc(CNCc2cccc3cccnc23)cc1. The van der Waals surface area contributed by atoms with Crippen LogP contribution < -0.4 is 5.32 Å². The number of hydrogen-bond donors (Lipinski definition) is 2. The Morgan fingerprint density at radius 3 is 2.55 bits per heavy atom. The molecule has 0 amide bonds. The number of rotatable bonds is 4. The Labute approximate surface area is 117 Å². The minimum absolute atomic E-state index is 0.298. The third kappa shape index (κ3) is 2.78. The number of phenols is 1. The molecule has 0 aliphatic carbocycles. The van der Waals surface area contributed by atoms with Gasteiger partial charge in [0, 0.05) is 24.7 Å². The Bertz CT molecular complexity index is 702. The predicted octanol–water partition coefficient (Wildman–Crippen LogP) is 3.23. The van der Waals surface area contributed by atoms with Crippen molar-refractivity contribution in [1.82, 2.24) is 10.3 Å². The molecule has 3 rings (SSSR count). The van der Waals surface area contributed by atoms with Crippen LogP contribution in [-0.2, 0) is 13.1 Å². The van der Waals surface area contributed by atoms with E-state index in [-0.39, 0.29) is 0 Å². The fourth-order valence-corrected chi connectivity index (χ4v) is 2.27. The number of para-hydroxylation sites is 1. The molecule has 0 aliphatic rings. The third-order valence-electron chi connectivity index (χ3n) is 3.30. The number of fused-ring (bicyclic) bond motifs is 1. The van der Waals surface area contributed by atoms with Gasteiger partial charge in [-0.2, -0.15) is 0 Å². The van der Waals surface area contributed by atoms with Gasteiger partial charge in [0.15, 0.2) is 0 Å². The van der Waals surface area contributed by atoms with E-state index in [1.54, 1.807) is 12.1 Å². The molecule has 2 aromatic carbocycles. The first-order valence-electron chi connectivity index (χ1n) is 6.64. The molecule has 100 valence electrons. The summed E-state index contributed by atoms with van der Waals surface area (Å²) >= 11 is 0. The minimum Gasteiger partial charge on any atom is -0.508 e. The molecule has 3 nitrogen and oxygen atoms in total. The minimum atomic E-state index is 0.298. The highest BCUT2D eigenvalue weighted by molar-refractivity contribution is 5.81. The molecule has 0 atom stereocenters. The van der Waals surface area contributed by atoms with Crippen LogP contribution in [0.3, 0.4) is 0 Å². The van der Waals surface area contributed by atoms with Crippen molar-refractivity contribution >= 4 is 10.9 Å². The summed E-state index contributed by atoms with van der Waals surface area (Å²) in [6, 6.07) is 17.5. The van der Waals surface area contributed by atoms with E-state index in [0.29, 0.717) is 5.75 Å². The van der Waals surface area contributed by atoms with Gasteiger partial charge in [0.05, 0.1) is 5.52 Å². The standard InChI is InChI=1S/C17H16N2O/c20-16-8-6-13(7-9-16)11-18-12-15-4-1-3-14-5-2-10-19-17(14)15/h1-10,18,20H,11-12H2. The number of aromatic hydroxyl groups is 1. The van der Waals surface area contributed by atoms with Crippen LogP contribution in [0.25, 0.3) is 10.9 Å². The molecule has 0 unspecified atom stereocenters. The monoisotopic (exact) mass is 264 g/mol. The molecule has 0 saturated heterocycles. The van der Waals surface area contributed by atoms with Crippen molar-refractivity contribution in [2.24, 2.45) is 0 Å². The van der Waals surface area contributed by atoms with E-state index in [1.807, 2.05) is 24.4 Å². The van der Waals surface area contributed by atoms with E-state index in [0.717, 1.165) is 29.6 Å². The molecule has 20 heavy (non-hydrogen) atoms. The first-order valence-corrected chi connectivity index (χ1v) is 6.64. The molecular weight excluding hydrogens is 248 g/mol. The lowest BCUT2D eigenvalue weighted by Crippen LogP contribution is -2.13. The zero-order valence-corrected chi connectivity index (χ0v) is 11.1. The van der Waals surface area contributed by atoms with E-state index < -0.39 is 0 Å². The summed E-state index contributed by atoms with van der Waals surface area (Å²) in [5.74, 6) is 0.298. The molecule has 1 aromatic heterocycles. The second kappa shape index (κ2) is 5.72. The van der Waals surface area contributed by atoms with Crippen molar-refractivity contribution in [1.29, 1.82) is 0 Å². The van der Waals surface area contributed by atoms with Crippen LogP contribution >= 0.6 is 0 Å². The second-order valence-electron chi connectivity index (χ2n) is 4.76. The van der Waals surface area contributed by atoms with E-state index in [9.17, 15) is 5.11 Å². The van der Waals surface area contributed by atoms with Crippen molar-refractivity contribution in [3.63, 3.8) is 0 Å². The summed E-state index contributed by atoms with van der Waals surface area (Å²) in [6.45, 7) is 1.54. The average molecular weight is 264 g/mol. The van der Waals surface area contributed by atoms with Crippen LogP contribution in [0, 0.1) is 0 Å². The Balaban J connectivity index is 1.69. The summed E-state index contributed by atoms with van der Waals surface area (Å²) in [7, 11) is 0. The number of nitrogens with one attached hydrogen (secondary N) is 1. The number of benzene rings is 2. The highest BCUT2D eigenvalue weighted by Gasteiger charge is 2.01. The molecule has 0 aliphatic heterocycles. The summed E-state index contributed by atoms with van der Waals surface area (Å²) in [4.78, 5) is 4.45. The van der Waals surface area contributed by atoms with Gasteiger partial charge in [0.2, 0.25) is 0 Å². The van der Waals surface area contributed by atoms with Gasteiger partial charge in [0.1, 0.15) is 5.75 Å².